The van der Waals surface area contributed by atoms with Crippen LogP contribution in [0.15, 0.2) is 12.2 Å². The van der Waals surface area contributed by atoms with Crippen LogP contribution in [0.25, 0.3) is 0 Å². The van der Waals surface area contributed by atoms with Crippen LogP contribution in [0.4, 0.5) is 0 Å². The van der Waals surface area contributed by atoms with E-state index in [1.807, 2.05) is 0 Å². The van der Waals surface area contributed by atoms with Crippen LogP contribution < -0.4 is 0 Å². The van der Waals surface area contributed by atoms with Crippen LogP contribution in [0.1, 0.15) is 51.9 Å². The minimum atomic E-state index is -0.924. The summed E-state index contributed by atoms with van der Waals surface area (Å²) in [6.45, 7) is 2.16. The maximum atomic E-state index is 10.1. The fourth-order valence-electron chi connectivity index (χ4n) is 1.42. The van der Waals surface area contributed by atoms with Crippen LogP contribution in [0.5, 0.6) is 0 Å². The molecule has 2 N–H and O–H groups in total. The van der Waals surface area contributed by atoms with Gasteiger partial charge in [0, 0.05) is 6.08 Å². The van der Waals surface area contributed by atoms with E-state index in [0.29, 0.717) is 12.8 Å². The van der Waals surface area contributed by atoms with Crippen LogP contribution in [-0.4, -0.2) is 22.3 Å². The third-order valence-corrected chi connectivity index (χ3v) is 2.32. The first-order valence-electron chi connectivity index (χ1n) is 5.74. The van der Waals surface area contributed by atoms with E-state index in [2.05, 4.69) is 6.92 Å². The second-order valence-electron chi connectivity index (χ2n) is 3.82. The zero-order chi connectivity index (χ0) is 11.5. The largest absolute Gasteiger partial charge is 0.478 e. The molecule has 0 aromatic heterocycles. The molecule has 1 unspecified atom stereocenters. The minimum Gasteiger partial charge on any atom is -0.478 e. The second kappa shape index (κ2) is 9.71. The monoisotopic (exact) mass is 214 g/mol. The number of carboxylic acids is 1. The van der Waals surface area contributed by atoms with Crippen LogP contribution in [0.2, 0.25) is 0 Å². The van der Waals surface area contributed by atoms with Crippen molar-refractivity contribution in [3.05, 3.63) is 12.2 Å². The summed E-state index contributed by atoms with van der Waals surface area (Å²) in [5.41, 5.74) is 0. The Balaban J connectivity index is 3.33. The summed E-state index contributed by atoms with van der Waals surface area (Å²) < 4.78 is 0. The van der Waals surface area contributed by atoms with Gasteiger partial charge in [-0.15, -0.1) is 0 Å². The Kier molecular flexibility index (Phi) is 9.18. The first kappa shape index (κ1) is 14.2. The third-order valence-electron chi connectivity index (χ3n) is 2.32. The molecule has 0 aromatic rings. The normalized spacial score (nSPS) is 13.2. The summed E-state index contributed by atoms with van der Waals surface area (Å²) in [5.74, 6) is -0.924. The molecule has 0 saturated carbocycles. The Labute approximate surface area is 91.8 Å². The fraction of sp³-hybridized carbons (Fsp3) is 0.750. The number of carboxylic acid groups (broad SMARTS) is 1. The summed E-state index contributed by atoms with van der Waals surface area (Å²) in [7, 11) is 0. The predicted molar refractivity (Wildman–Crippen MR) is 60.8 cm³/mol. The molecule has 1 atom stereocenters. The topological polar surface area (TPSA) is 57.5 Å². The smallest absolute Gasteiger partial charge is 0.327 e. The molecule has 0 spiro atoms. The van der Waals surface area contributed by atoms with Crippen molar-refractivity contribution in [3.8, 4) is 0 Å². The molecule has 3 heteroatoms. The predicted octanol–water partition coefficient (Wildman–Crippen LogP) is 2.74. The molecule has 15 heavy (non-hydrogen) atoms. The first-order valence-corrected chi connectivity index (χ1v) is 5.74. The lowest BCUT2D eigenvalue weighted by atomic mass is 10.1. The molecule has 88 valence electrons. The number of aliphatic carboxylic acids is 1. The number of hydrogen-bond donors (Lipinski definition) is 2. The number of unbranched alkanes of at least 4 members (excludes halogenated alkanes) is 3. The summed E-state index contributed by atoms with van der Waals surface area (Å²) >= 11 is 0. The van der Waals surface area contributed by atoms with Gasteiger partial charge in [0.05, 0.1) is 6.10 Å². The molecular formula is C12H22O3. The van der Waals surface area contributed by atoms with Crippen molar-refractivity contribution >= 4 is 5.97 Å². The van der Waals surface area contributed by atoms with Crippen LogP contribution in [0, 0.1) is 0 Å². The molecule has 0 radical (unpaired) electrons. The molecule has 3 nitrogen and oxygen atoms in total. The molecule has 0 bridgehead atoms. The number of rotatable bonds is 9. The zero-order valence-corrected chi connectivity index (χ0v) is 9.48. The van der Waals surface area contributed by atoms with Gasteiger partial charge in [0.15, 0.2) is 0 Å². The van der Waals surface area contributed by atoms with E-state index in [-0.39, 0.29) is 6.10 Å². The molecule has 0 heterocycles. The Morgan fingerprint density at radius 1 is 1.27 bits per heavy atom. The van der Waals surface area contributed by atoms with E-state index in [4.69, 9.17) is 5.11 Å². The lowest BCUT2D eigenvalue weighted by Crippen LogP contribution is -2.05. The molecule has 0 fully saturated rings. The molecule has 0 aromatic carbocycles. The standard InChI is InChI=1S/C12H22O3/c1-2-3-4-5-8-11(13)9-6-7-10-12(14)15/h7,10-11,13H,2-6,8-9H2,1H3,(H,14,15). The highest BCUT2D eigenvalue weighted by molar-refractivity contribution is 5.79. The molecule has 0 rings (SSSR count). The van der Waals surface area contributed by atoms with Crippen molar-refractivity contribution in [1.82, 2.24) is 0 Å². The van der Waals surface area contributed by atoms with Gasteiger partial charge in [-0.1, -0.05) is 38.7 Å². The average molecular weight is 214 g/mol. The Bertz CT molecular complexity index is 187. The lowest BCUT2D eigenvalue weighted by molar-refractivity contribution is -0.131. The van der Waals surface area contributed by atoms with Crippen molar-refractivity contribution in [2.24, 2.45) is 0 Å². The van der Waals surface area contributed by atoms with Crippen molar-refractivity contribution in [2.45, 2.75) is 58.0 Å². The van der Waals surface area contributed by atoms with Gasteiger partial charge in [0.1, 0.15) is 0 Å². The molecular weight excluding hydrogens is 192 g/mol. The summed E-state index contributed by atoms with van der Waals surface area (Å²) in [6, 6.07) is 0. The minimum absolute atomic E-state index is 0.277. The second-order valence-corrected chi connectivity index (χ2v) is 3.82. The van der Waals surface area contributed by atoms with Gasteiger partial charge >= 0.3 is 5.97 Å². The van der Waals surface area contributed by atoms with Gasteiger partial charge in [0.2, 0.25) is 0 Å². The number of allylic oxidation sites excluding steroid dienone is 1. The Morgan fingerprint density at radius 2 is 2.00 bits per heavy atom. The fourth-order valence-corrected chi connectivity index (χ4v) is 1.42. The van der Waals surface area contributed by atoms with Gasteiger partial charge in [-0.25, -0.2) is 4.79 Å². The summed E-state index contributed by atoms with van der Waals surface area (Å²) in [5, 5.41) is 17.9. The van der Waals surface area contributed by atoms with E-state index in [0.717, 1.165) is 18.9 Å². The van der Waals surface area contributed by atoms with Crippen LogP contribution in [-0.2, 0) is 4.79 Å². The lowest BCUT2D eigenvalue weighted by Gasteiger charge is -2.08. The molecule has 0 amide bonds. The molecule has 0 aliphatic rings. The van der Waals surface area contributed by atoms with E-state index >= 15 is 0 Å². The third kappa shape index (κ3) is 11.1. The maximum absolute atomic E-state index is 10.1. The summed E-state index contributed by atoms with van der Waals surface area (Å²) in [4.78, 5) is 10.1. The van der Waals surface area contributed by atoms with Crippen LogP contribution in [0.3, 0.4) is 0 Å². The van der Waals surface area contributed by atoms with Crippen molar-refractivity contribution in [3.63, 3.8) is 0 Å². The Hall–Kier alpha value is -0.830. The van der Waals surface area contributed by atoms with Crippen molar-refractivity contribution < 1.29 is 15.0 Å². The maximum Gasteiger partial charge on any atom is 0.327 e. The number of aliphatic hydroxyl groups excluding tert-OH is 1. The van der Waals surface area contributed by atoms with E-state index < -0.39 is 5.97 Å². The number of hydrogen-bond acceptors (Lipinski definition) is 2. The molecule has 0 aliphatic carbocycles. The quantitative estimate of drug-likeness (QED) is 0.458. The summed E-state index contributed by atoms with van der Waals surface area (Å²) in [6.07, 6.45) is 9.26. The van der Waals surface area contributed by atoms with E-state index in [1.54, 1.807) is 6.08 Å². The van der Waals surface area contributed by atoms with Gasteiger partial charge in [-0.3, -0.25) is 0 Å². The van der Waals surface area contributed by atoms with Gasteiger partial charge in [-0.05, 0) is 19.3 Å². The van der Waals surface area contributed by atoms with Crippen molar-refractivity contribution in [1.29, 1.82) is 0 Å². The average Bonchev–Trinajstić information content (AvgIpc) is 2.19. The van der Waals surface area contributed by atoms with Crippen molar-refractivity contribution in [2.75, 3.05) is 0 Å². The van der Waals surface area contributed by atoms with Gasteiger partial charge in [0.25, 0.3) is 0 Å². The Morgan fingerprint density at radius 3 is 2.60 bits per heavy atom. The highest BCUT2D eigenvalue weighted by Crippen LogP contribution is 2.09. The highest BCUT2D eigenvalue weighted by Gasteiger charge is 2.01. The van der Waals surface area contributed by atoms with Crippen LogP contribution >= 0.6 is 0 Å². The number of aliphatic hydroxyl groups is 1. The number of carbonyl (C=O) groups is 1. The molecule has 0 saturated heterocycles. The highest BCUT2D eigenvalue weighted by atomic mass is 16.4. The van der Waals surface area contributed by atoms with Gasteiger partial charge < -0.3 is 10.2 Å². The molecule has 0 aliphatic heterocycles. The SMILES string of the molecule is CCCCCCC(O)CCC=CC(=O)O. The first-order chi connectivity index (χ1) is 7.16. The zero-order valence-electron chi connectivity index (χ0n) is 9.48. The van der Waals surface area contributed by atoms with E-state index in [1.165, 1.54) is 19.3 Å². The van der Waals surface area contributed by atoms with Gasteiger partial charge in [-0.2, -0.15) is 0 Å². The van der Waals surface area contributed by atoms with E-state index in [9.17, 15) is 9.90 Å².